The van der Waals surface area contributed by atoms with Crippen LogP contribution in [0.1, 0.15) is 45.2 Å². The van der Waals surface area contributed by atoms with Crippen LogP contribution in [0.3, 0.4) is 0 Å². The van der Waals surface area contributed by atoms with Crippen LogP contribution in [0.5, 0.6) is 0 Å². The second-order valence-corrected chi connectivity index (χ2v) is 17.0. The fourth-order valence-electron chi connectivity index (χ4n) is 10.0. The number of hydrogen-bond donors (Lipinski definition) is 0. The normalized spacial score (nSPS) is 14.4. The average molecular weight is 843 g/mol. The molecule has 8 aromatic carbocycles. The quantitative estimate of drug-likeness (QED) is 0.159. The first-order valence-corrected chi connectivity index (χ1v) is 22.3. The van der Waals surface area contributed by atoms with Gasteiger partial charge in [0.05, 0.1) is 16.9 Å². The number of hydrogen-bond acceptors (Lipinski definition) is 6. The SMILES string of the molecule is c1ccc(-c2nc(-c3cccc(-c4ccc5ncccc5c4)c3)cc(-c3ccc4c(c3)C3c5ccccc5C4c4cc(-c5nc(-c6ccccc6)nc(-c6ccccc6)n5)ccc43)n2)cc1. The van der Waals surface area contributed by atoms with Crippen LogP contribution in [0.15, 0.2) is 219 Å². The highest BCUT2D eigenvalue weighted by atomic mass is 15.0. The van der Waals surface area contributed by atoms with Crippen LogP contribution >= 0.6 is 0 Å². The Balaban J connectivity index is 0.921. The molecule has 66 heavy (non-hydrogen) atoms. The molecule has 2 unspecified atom stereocenters. The van der Waals surface area contributed by atoms with Crippen LogP contribution in [-0.2, 0) is 0 Å². The van der Waals surface area contributed by atoms with Crippen molar-refractivity contribution in [2.45, 2.75) is 11.8 Å². The van der Waals surface area contributed by atoms with Gasteiger partial charge in [0.1, 0.15) is 0 Å². The van der Waals surface area contributed by atoms with Crippen molar-refractivity contribution in [2.24, 2.45) is 0 Å². The Bertz CT molecular complexity index is 3610. The van der Waals surface area contributed by atoms with Gasteiger partial charge in [-0.2, -0.15) is 0 Å². The molecule has 308 valence electrons. The molecule has 0 aliphatic heterocycles. The summed E-state index contributed by atoms with van der Waals surface area (Å²) < 4.78 is 0. The maximum absolute atomic E-state index is 5.28. The van der Waals surface area contributed by atoms with Gasteiger partial charge in [0.2, 0.25) is 0 Å². The van der Waals surface area contributed by atoms with Gasteiger partial charge in [-0.05, 0) is 87.0 Å². The van der Waals surface area contributed by atoms with Crippen LogP contribution in [0, 0.1) is 0 Å². The lowest BCUT2D eigenvalue weighted by atomic mass is 9.60. The average Bonchev–Trinajstić information content (AvgIpc) is 3.40. The zero-order chi connectivity index (χ0) is 43.6. The van der Waals surface area contributed by atoms with E-state index < -0.39 is 0 Å². The summed E-state index contributed by atoms with van der Waals surface area (Å²) in [5, 5.41) is 1.11. The van der Waals surface area contributed by atoms with Crippen molar-refractivity contribution in [1.82, 2.24) is 29.9 Å². The Kier molecular flexibility index (Phi) is 8.88. The second kappa shape index (κ2) is 15.5. The summed E-state index contributed by atoms with van der Waals surface area (Å²) in [5.74, 6) is 2.75. The predicted octanol–water partition coefficient (Wildman–Crippen LogP) is 13.9. The van der Waals surface area contributed by atoms with Crippen molar-refractivity contribution in [3.63, 3.8) is 0 Å². The first-order chi connectivity index (χ1) is 32.7. The van der Waals surface area contributed by atoms with Crippen molar-refractivity contribution in [3.05, 3.63) is 252 Å². The summed E-state index contributed by atoms with van der Waals surface area (Å²) in [7, 11) is 0. The Morgan fingerprint density at radius 1 is 0.258 bits per heavy atom. The van der Waals surface area contributed by atoms with Gasteiger partial charge in [0.25, 0.3) is 0 Å². The Hall–Kier alpha value is -8.74. The molecular weight excluding hydrogens is 805 g/mol. The van der Waals surface area contributed by atoms with Crippen LogP contribution in [0.25, 0.3) is 90.1 Å². The molecule has 14 rings (SSSR count). The number of fused-ring (bicyclic) bond motifs is 1. The molecule has 0 spiro atoms. The molecule has 3 aliphatic rings. The third kappa shape index (κ3) is 6.50. The van der Waals surface area contributed by atoms with E-state index in [1.54, 1.807) is 0 Å². The minimum absolute atomic E-state index is 0.0451. The van der Waals surface area contributed by atoms with Crippen LogP contribution in [-0.4, -0.2) is 29.9 Å². The fourth-order valence-corrected chi connectivity index (χ4v) is 10.0. The first kappa shape index (κ1) is 37.8. The van der Waals surface area contributed by atoms with E-state index >= 15 is 0 Å². The van der Waals surface area contributed by atoms with Crippen LogP contribution in [0.2, 0.25) is 0 Å². The van der Waals surface area contributed by atoms with Crippen molar-refractivity contribution in [3.8, 4) is 79.2 Å². The lowest BCUT2D eigenvalue weighted by Gasteiger charge is -2.42. The molecule has 3 aliphatic carbocycles. The van der Waals surface area contributed by atoms with Crippen LogP contribution < -0.4 is 0 Å². The van der Waals surface area contributed by atoms with Gasteiger partial charge in [0, 0.05) is 56.8 Å². The van der Waals surface area contributed by atoms with Crippen molar-refractivity contribution >= 4 is 10.9 Å². The number of benzene rings is 8. The number of pyridine rings is 1. The first-order valence-electron chi connectivity index (χ1n) is 22.3. The Morgan fingerprint density at radius 2 is 0.697 bits per heavy atom. The minimum atomic E-state index is 0.0451. The lowest BCUT2D eigenvalue weighted by Crippen LogP contribution is -2.27. The molecule has 3 heterocycles. The maximum Gasteiger partial charge on any atom is 0.164 e. The summed E-state index contributed by atoms with van der Waals surface area (Å²) in [5.41, 5.74) is 18.8. The molecule has 2 bridgehead atoms. The maximum atomic E-state index is 5.28. The molecule has 0 saturated carbocycles. The Morgan fingerprint density at radius 3 is 1.30 bits per heavy atom. The van der Waals surface area contributed by atoms with Crippen LogP contribution in [0.4, 0.5) is 0 Å². The molecule has 0 radical (unpaired) electrons. The molecule has 0 amide bonds. The smallest absolute Gasteiger partial charge is 0.164 e. The predicted molar refractivity (Wildman–Crippen MR) is 264 cm³/mol. The van der Waals surface area contributed by atoms with E-state index in [4.69, 9.17) is 24.9 Å². The van der Waals surface area contributed by atoms with E-state index in [1.807, 2.05) is 66.9 Å². The number of aromatic nitrogens is 6. The zero-order valence-corrected chi connectivity index (χ0v) is 35.6. The summed E-state index contributed by atoms with van der Waals surface area (Å²) in [6, 6.07) is 74.6. The van der Waals surface area contributed by atoms with Crippen molar-refractivity contribution in [2.75, 3.05) is 0 Å². The number of rotatable bonds is 7. The summed E-state index contributed by atoms with van der Waals surface area (Å²) >= 11 is 0. The molecule has 6 heteroatoms. The van der Waals surface area contributed by atoms with Gasteiger partial charge in [-0.1, -0.05) is 170 Å². The standard InChI is InChI=1S/C60H38N6/c1-4-14-37(15-5-1)57-62-53(43-21-12-20-40(32-43)41-27-30-52-42(33-41)22-13-31-61-52)36-54(63-57)44-25-28-48-50(34-44)55-46-23-10-11-24-47(46)56(48)51-35-45(26-29-49(51)55)60-65-58(38-16-6-2-7-17-38)64-59(66-60)39-18-8-3-9-19-39/h1-36,55-56H. The van der Waals surface area contributed by atoms with E-state index in [0.717, 1.165) is 66.8 Å². The van der Waals surface area contributed by atoms with E-state index in [2.05, 4.69) is 157 Å². The molecule has 0 fully saturated rings. The topological polar surface area (TPSA) is 77.3 Å². The van der Waals surface area contributed by atoms with E-state index in [-0.39, 0.29) is 11.8 Å². The van der Waals surface area contributed by atoms with Gasteiger partial charge in [-0.15, -0.1) is 0 Å². The zero-order valence-electron chi connectivity index (χ0n) is 35.6. The lowest BCUT2D eigenvalue weighted by molar-refractivity contribution is 0.754. The fraction of sp³-hybridized carbons (Fsp3) is 0.0333. The highest BCUT2D eigenvalue weighted by Crippen LogP contribution is 2.56. The van der Waals surface area contributed by atoms with Gasteiger partial charge in [-0.3, -0.25) is 4.98 Å². The van der Waals surface area contributed by atoms with Gasteiger partial charge < -0.3 is 0 Å². The molecule has 0 saturated heterocycles. The molecule has 0 N–H and O–H groups in total. The number of nitrogens with zero attached hydrogens (tertiary/aromatic N) is 6. The Labute approximate surface area is 382 Å². The van der Waals surface area contributed by atoms with Crippen molar-refractivity contribution < 1.29 is 0 Å². The van der Waals surface area contributed by atoms with E-state index in [1.165, 1.54) is 33.4 Å². The van der Waals surface area contributed by atoms with Gasteiger partial charge >= 0.3 is 0 Å². The molecule has 11 aromatic rings. The largest absolute Gasteiger partial charge is 0.256 e. The molecule has 2 atom stereocenters. The molecular formula is C60H38N6. The van der Waals surface area contributed by atoms with Crippen molar-refractivity contribution in [1.29, 1.82) is 0 Å². The third-order valence-electron chi connectivity index (χ3n) is 13.1. The minimum Gasteiger partial charge on any atom is -0.256 e. The van der Waals surface area contributed by atoms with Gasteiger partial charge in [-0.25, -0.2) is 24.9 Å². The summed E-state index contributed by atoms with van der Waals surface area (Å²) in [4.78, 5) is 30.2. The molecule has 3 aromatic heterocycles. The summed E-state index contributed by atoms with van der Waals surface area (Å²) in [6.45, 7) is 0. The molecule has 6 nitrogen and oxygen atoms in total. The van der Waals surface area contributed by atoms with Gasteiger partial charge in [0.15, 0.2) is 23.3 Å². The highest BCUT2D eigenvalue weighted by molar-refractivity contribution is 5.86. The second-order valence-electron chi connectivity index (χ2n) is 17.0. The van der Waals surface area contributed by atoms with E-state index in [0.29, 0.717) is 23.3 Å². The third-order valence-corrected chi connectivity index (χ3v) is 13.1. The summed E-state index contributed by atoms with van der Waals surface area (Å²) in [6.07, 6.45) is 1.84. The monoisotopic (exact) mass is 842 g/mol. The van der Waals surface area contributed by atoms with E-state index in [9.17, 15) is 0 Å². The highest BCUT2D eigenvalue weighted by Gasteiger charge is 2.41.